The van der Waals surface area contributed by atoms with Crippen molar-refractivity contribution in [2.75, 3.05) is 13.2 Å². The summed E-state index contributed by atoms with van der Waals surface area (Å²) in [5.74, 6) is -0.739. The van der Waals surface area contributed by atoms with Gasteiger partial charge in [-0.25, -0.2) is 0 Å². The van der Waals surface area contributed by atoms with Crippen molar-refractivity contribution in [3.05, 3.63) is 89.0 Å². The Labute approximate surface area is 275 Å². The smallest absolute Gasteiger partial charge is 0.303 e. The third-order valence-electron chi connectivity index (χ3n) is 8.44. The number of unbranched alkanes of at least 4 members (excludes halogenated alkanes) is 5. The Morgan fingerprint density at radius 3 is 2.33 bits per heavy atom. The van der Waals surface area contributed by atoms with Crippen molar-refractivity contribution >= 4 is 5.97 Å². The van der Waals surface area contributed by atoms with Crippen molar-refractivity contribution in [2.24, 2.45) is 0 Å². The van der Waals surface area contributed by atoms with Crippen molar-refractivity contribution in [1.29, 1.82) is 0 Å². The summed E-state index contributed by atoms with van der Waals surface area (Å²) < 4.78 is 0. The maximum atomic E-state index is 11.5. The lowest BCUT2D eigenvalue weighted by atomic mass is 9.87. The van der Waals surface area contributed by atoms with Crippen LogP contribution in [-0.4, -0.2) is 68.0 Å². The molecule has 8 nitrogen and oxygen atoms in total. The van der Waals surface area contributed by atoms with Crippen molar-refractivity contribution < 1.29 is 35.4 Å². The van der Waals surface area contributed by atoms with E-state index in [1.807, 2.05) is 30.4 Å². The van der Waals surface area contributed by atoms with Gasteiger partial charge in [-0.3, -0.25) is 4.79 Å². The van der Waals surface area contributed by atoms with Crippen LogP contribution in [0.5, 0.6) is 5.75 Å². The van der Waals surface area contributed by atoms with Gasteiger partial charge in [0.25, 0.3) is 0 Å². The van der Waals surface area contributed by atoms with E-state index in [0.717, 1.165) is 61.7 Å². The number of aromatic hydroxyl groups is 1. The van der Waals surface area contributed by atoms with Crippen LogP contribution >= 0.6 is 0 Å². The molecule has 2 aromatic carbocycles. The Morgan fingerprint density at radius 2 is 1.65 bits per heavy atom. The van der Waals surface area contributed by atoms with Crippen molar-refractivity contribution in [1.82, 2.24) is 5.32 Å². The number of carboxylic acids is 1. The highest BCUT2D eigenvalue weighted by molar-refractivity contribution is 5.66. The molecular weight excluding hydrogens is 582 g/mol. The number of carboxylic acid groups (broad SMARTS) is 1. The second-order valence-corrected chi connectivity index (χ2v) is 12.6. The number of aliphatic carboxylic acids is 1. The fourth-order valence-electron chi connectivity index (χ4n) is 5.66. The van der Waals surface area contributed by atoms with Crippen LogP contribution in [0.3, 0.4) is 0 Å². The minimum atomic E-state index is -1.31. The maximum absolute atomic E-state index is 11.5. The zero-order chi connectivity index (χ0) is 33.8. The third kappa shape index (κ3) is 15.5. The van der Waals surface area contributed by atoms with Gasteiger partial charge in [0.2, 0.25) is 0 Å². The molecule has 2 rings (SSSR count). The second kappa shape index (κ2) is 21.7. The average Bonchev–Trinajstić information content (AvgIpc) is 3.03. The van der Waals surface area contributed by atoms with Crippen LogP contribution in [0.2, 0.25) is 0 Å². The Morgan fingerprint density at radius 1 is 0.935 bits per heavy atom. The molecule has 46 heavy (non-hydrogen) atoms. The van der Waals surface area contributed by atoms with Gasteiger partial charge in [-0.1, -0.05) is 100 Å². The lowest BCUT2D eigenvalue weighted by Gasteiger charge is -2.31. The van der Waals surface area contributed by atoms with Gasteiger partial charge in [-0.2, -0.15) is 0 Å². The summed E-state index contributed by atoms with van der Waals surface area (Å²) in [6.07, 6.45) is 11.3. The Balaban J connectivity index is 2.48. The molecule has 0 bridgehead atoms. The van der Waals surface area contributed by atoms with E-state index >= 15 is 0 Å². The molecule has 2 aromatic rings. The number of rotatable bonds is 24. The van der Waals surface area contributed by atoms with Gasteiger partial charge in [0.1, 0.15) is 5.75 Å². The van der Waals surface area contributed by atoms with Gasteiger partial charge in [0.05, 0.1) is 24.4 Å². The molecule has 256 valence electrons. The highest BCUT2D eigenvalue weighted by atomic mass is 16.4. The Bertz CT molecular complexity index is 1190. The first-order chi connectivity index (χ1) is 22.1. The number of phenolic OH excluding ortho intramolecular Hbond substituents is 1. The summed E-state index contributed by atoms with van der Waals surface area (Å²) in [6.45, 7) is 3.57. The molecule has 7 N–H and O–H groups in total. The molecule has 0 saturated heterocycles. The number of allylic oxidation sites excluding steroid dienone is 2. The van der Waals surface area contributed by atoms with Gasteiger partial charge >= 0.3 is 5.97 Å². The topological polar surface area (TPSA) is 150 Å². The lowest BCUT2D eigenvalue weighted by Crippen LogP contribution is -2.42. The van der Waals surface area contributed by atoms with E-state index in [9.17, 15) is 30.3 Å². The van der Waals surface area contributed by atoms with E-state index in [0.29, 0.717) is 31.2 Å². The minimum absolute atomic E-state index is 0.0631. The van der Waals surface area contributed by atoms with Crippen LogP contribution in [0.15, 0.2) is 77.9 Å². The molecule has 8 heteroatoms. The normalized spacial score (nSPS) is 15.7. The number of nitrogens with one attached hydrogen (secondary N) is 1. The summed E-state index contributed by atoms with van der Waals surface area (Å²) in [5.41, 5.74) is 2.29. The van der Waals surface area contributed by atoms with Gasteiger partial charge < -0.3 is 36.0 Å². The predicted octanol–water partition coefficient (Wildman–Crippen LogP) is 6.15. The second-order valence-electron chi connectivity index (χ2n) is 12.6. The van der Waals surface area contributed by atoms with E-state index in [4.69, 9.17) is 5.11 Å². The SMILES string of the molecule is CCCCC[C@H](O)C=CC(CCc1ccccc1)=C(C[C@H](O)CO)[C@H](CCCCCCC(=O)O)NC[C@](C)(O)c1cccc(O)c1. The first-order valence-corrected chi connectivity index (χ1v) is 16.9. The van der Waals surface area contributed by atoms with Crippen LogP contribution in [-0.2, 0) is 16.8 Å². The van der Waals surface area contributed by atoms with Crippen molar-refractivity contribution in [2.45, 2.75) is 121 Å². The van der Waals surface area contributed by atoms with Gasteiger partial charge in [0.15, 0.2) is 0 Å². The first kappa shape index (κ1) is 39.2. The van der Waals surface area contributed by atoms with Crippen LogP contribution < -0.4 is 5.32 Å². The molecule has 0 aliphatic rings. The van der Waals surface area contributed by atoms with Crippen LogP contribution in [0, 0.1) is 0 Å². The number of hydrogen-bond donors (Lipinski definition) is 7. The number of carbonyl (C=O) groups is 1. The van der Waals surface area contributed by atoms with E-state index < -0.39 is 30.4 Å². The molecule has 4 atom stereocenters. The van der Waals surface area contributed by atoms with Crippen molar-refractivity contribution in [3.63, 3.8) is 0 Å². The molecule has 0 aliphatic carbocycles. The third-order valence-corrected chi connectivity index (χ3v) is 8.44. The van der Waals surface area contributed by atoms with E-state index in [-0.39, 0.29) is 31.2 Å². The number of aliphatic hydroxyl groups is 4. The van der Waals surface area contributed by atoms with E-state index in [2.05, 4.69) is 24.4 Å². The standard InChI is InChI=1S/C38H57NO7/c1-3-4-8-17-32(41)24-23-30(22-21-29-14-9-7-10-15-29)35(26-34(43)27-40)36(19-11-5-6-12-20-37(44)45)39-28-38(2,46)31-16-13-18-33(42)25-31/h7,9-10,13-16,18,23-25,32,34,36,39-43,46H,3-6,8,11-12,17,19-22,26-28H2,1-2H3,(H,44,45)/t32-,34-,36-,38-/m0/s1. The summed E-state index contributed by atoms with van der Waals surface area (Å²) >= 11 is 0. The molecular formula is C38H57NO7. The number of aryl methyl sites for hydroxylation is 1. The monoisotopic (exact) mass is 639 g/mol. The molecule has 0 aromatic heterocycles. The van der Waals surface area contributed by atoms with Crippen LogP contribution in [0.1, 0.15) is 102 Å². The lowest BCUT2D eigenvalue weighted by molar-refractivity contribution is -0.137. The maximum Gasteiger partial charge on any atom is 0.303 e. The summed E-state index contributed by atoms with van der Waals surface area (Å²) in [4.78, 5) is 11.0. The number of aliphatic hydroxyl groups excluding tert-OH is 3. The quantitative estimate of drug-likeness (QED) is 0.0534. The fraction of sp³-hybridized carbons (Fsp3) is 0.553. The molecule has 0 aliphatic heterocycles. The zero-order valence-electron chi connectivity index (χ0n) is 27.8. The molecule has 0 saturated carbocycles. The van der Waals surface area contributed by atoms with Gasteiger partial charge in [-0.15, -0.1) is 0 Å². The molecule has 0 heterocycles. The fourth-order valence-corrected chi connectivity index (χ4v) is 5.66. The number of hydrogen-bond acceptors (Lipinski definition) is 7. The highest BCUT2D eigenvalue weighted by Gasteiger charge is 2.27. The summed E-state index contributed by atoms with van der Waals surface area (Å²) in [5, 5.41) is 65.4. The molecule has 0 fully saturated rings. The predicted molar refractivity (Wildman–Crippen MR) is 184 cm³/mol. The van der Waals surface area contributed by atoms with Crippen LogP contribution in [0.25, 0.3) is 0 Å². The highest BCUT2D eigenvalue weighted by Crippen LogP contribution is 2.28. The first-order valence-electron chi connectivity index (χ1n) is 16.9. The van der Waals surface area contributed by atoms with E-state index in [1.54, 1.807) is 31.2 Å². The van der Waals surface area contributed by atoms with Crippen molar-refractivity contribution in [3.8, 4) is 5.75 Å². The average molecular weight is 640 g/mol. The summed E-state index contributed by atoms with van der Waals surface area (Å²) in [6, 6.07) is 16.4. The van der Waals surface area contributed by atoms with E-state index in [1.165, 1.54) is 0 Å². The molecule has 0 amide bonds. The largest absolute Gasteiger partial charge is 0.508 e. The van der Waals surface area contributed by atoms with Gasteiger partial charge in [0, 0.05) is 19.0 Å². The van der Waals surface area contributed by atoms with Gasteiger partial charge in [-0.05, 0) is 79.9 Å². The zero-order valence-corrected chi connectivity index (χ0v) is 27.8. The summed E-state index contributed by atoms with van der Waals surface area (Å²) in [7, 11) is 0. The molecule has 0 spiro atoms. The Kier molecular flexibility index (Phi) is 18.5. The minimum Gasteiger partial charge on any atom is -0.508 e. The Hall–Kier alpha value is -3.01. The molecule has 0 radical (unpaired) electrons. The van der Waals surface area contributed by atoms with Crippen LogP contribution in [0.4, 0.5) is 0 Å². The number of phenols is 1. The number of benzene rings is 2. The molecule has 0 unspecified atom stereocenters.